The van der Waals surface area contributed by atoms with Crippen molar-refractivity contribution in [2.75, 3.05) is 0 Å². The second kappa shape index (κ2) is 37.3. The molecule has 0 saturated heterocycles. The second-order valence-electron chi connectivity index (χ2n) is 33.0. The van der Waals surface area contributed by atoms with Gasteiger partial charge in [-0.2, -0.15) is 0 Å². The molecule has 12 rings (SSSR count). The zero-order chi connectivity index (χ0) is 83.8. The van der Waals surface area contributed by atoms with Crippen molar-refractivity contribution in [3.05, 3.63) is 319 Å². The van der Waals surface area contributed by atoms with E-state index in [0.29, 0.717) is 24.5 Å². The Morgan fingerprint density at radius 1 is 0.301 bits per heavy atom. The highest BCUT2D eigenvalue weighted by molar-refractivity contribution is 7.94. The molecule has 12 nitrogen and oxygen atoms in total. The number of hydrogen-bond acceptors (Lipinski definition) is 13. The van der Waals surface area contributed by atoms with Gasteiger partial charge in [0.05, 0.1) is 48.2 Å². The quantitative estimate of drug-likeness (QED) is 0.112. The zero-order valence-corrected chi connectivity index (χ0v) is 73.1. The Kier molecular flexibility index (Phi) is 30.0. The monoisotopic (exact) mass is 1630 g/mol. The van der Waals surface area contributed by atoms with Crippen LogP contribution in [0.1, 0.15) is 147 Å². The van der Waals surface area contributed by atoms with E-state index < -0.39 is 72.9 Å². The van der Waals surface area contributed by atoms with Crippen LogP contribution in [0.5, 0.6) is 0 Å². The lowest BCUT2D eigenvalue weighted by atomic mass is 9.91. The molecule has 10 aromatic carbocycles. The molecule has 0 aliphatic heterocycles. The molecule has 0 saturated carbocycles. The lowest BCUT2D eigenvalue weighted by molar-refractivity contribution is 0.559. The SMILES string of the molecule is CC(C)(C)S(=O)(=O)c1ccc(-c2ccc(F)cc2)cc1.CC(C)(C)S(=O)(=O)c1ccc(-c2ccccc2)cc1.CC(C)(C)S(=O)(=O)c1ccc(-c2cccs2)cc1.CC(C)(C)S(=O)(=O)c1cccc(-c2ccccc2)c1.CC(C)(C)S(=O)(=O)c1ccccc1-c1ccccc1.Cc1nc(Cc2ccccc2)cc(C(C)(C)C)n1. The van der Waals surface area contributed by atoms with Crippen molar-refractivity contribution in [2.24, 2.45) is 0 Å². The Morgan fingerprint density at radius 2 is 0.637 bits per heavy atom. The first kappa shape index (κ1) is 90.8. The number of aromatic nitrogens is 2. The van der Waals surface area contributed by atoms with Gasteiger partial charge in [0.25, 0.3) is 0 Å². The van der Waals surface area contributed by atoms with Gasteiger partial charge in [0.2, 0.25) is 0 Å². The van der Waals surface area contributed by atoms with Gasteiger partial charge in [0.1, 0.15) is 11.6 Å². The summed E-state index contributed by atoms with van der Waals surface area (Å²) in [6.07, 6.45) is 0.868. The Bertz CT molecular complexity index is 5670. The number of halogens is 1. The Hall–Kier alpha value is -9.34. The predicted molar refractivity (Wildman–Crippen MR) is 467 cm³/mol. The van der Waals surface area contributed by atoms with Crippen molar-refractivity contribution in [3.8, 4) is 54.9 Å². The van der Waals surface area contributed by atoms with Gasteiger partial charge < -0.3 is 0 Å². The maximum Gasteiger partial charge on any atom is 0.183 e. The van der Waals surface area contributed by atoms with Crippen LogP contribution in [-0.2, 0) is 61.0 Å². The highest BCUT2D eigenvalue weighted by Gasteiger charge is 2.35. The van der Waals surface area contributed by atoms with Gasteiger partial charge in [0.15, 0.2) is 49.2 Å². The molecule has 0 amide bonds. The molecular formula is C94H107FN2O10S6. The molecule has 596 valence electrons. The average Bonchev–Trinajstić information content (AvgIpc) is 1.40. The van der Waals surface area contributed by atoms with E-state index in [0.717, 1.165) is 78.6 Å². The molecule has 113 heavy (non-hydrogen) atoms. The van der Waals surface area contributed by atoms with E-state index in [-0.39, 0.29) is 11.2 Å². The first-order valence-electron chi connectivity index (χ1n) is 37.0. The van der Waals surface area contributed by atoms with Crippen LogP contribution in [0.3, 0.4) is 0 Å². The summed E-state index contributed by atoms with van der Waals surface area (Å²) in [5, 5.41) is 2.01. The van der Waals surface area contributed by atoms with Crippen molar-refractivity contribution in [2.45, 2.75) is 192 Å². The second-order valence-corrected chi connectivity index (χ2v) is 47.4. The van der Waals surface area contributed by atoms with Crippen LogP contribution < -0.4 is 0 Å². The molecular weight excluding hydrogens is 1530 g/mol. The van der Waals surface area contributed by atoms with Crippen LogP contribution in [-0.4, -0.2) is 75.8 Å². The molecule has 0 N–H and O–H groups in total. The third-order valence-corrected chi connectivity index (χ3v) is 31.5. The number of thiophene rings is 1. The lowest BCUT2D eigenvalue weighted by Gasteiger charge is -2.21. The summed E-state index contributed by atoms with van der Waals surface area (Å²) in [7, 11) is -16.5. The summed E-state index contributed by atoms with van der Waals surface area (Å²) in [5.74, 6) is 0.564. The number of nitrogens with zero attached hydrogens (tertiary/aromatic N) is 2. The molecule has 0 radical (unpaired) electrons. The third-order valence-electron chi connectivity index (χ3n) is 18.0. The molecule has 0 bridgehead atoms. The van der Waals surface area contributed by atoms with Crippen LogP contribution in [0.4, 0.5) is 4.39 Å². The van der Waals surface area contributed by atoms with E-state index in [1.165, 1.54) is 17.7 Å². The smallest absolute Gasteiger partial charge is 0.183 e. The third kappa shape index (κ3) is 24.1. The fourth-order valence-corrected chi connectivity index (χ4v) is 17.8. The largest absolute Gasteiger partial charge is 0.238 e. The summed E-state index contributed by atoms with van der Waals surface area (Å²) in [6.45, 7) is 34.2. The van der Waals surface area contributed by atoms with Crippen molar-refractivity contribution in [3.63, 3.8) is 0 Å². The number of rotatable bonds is 12. The van der Waals surface area contributed by atoms with E-state index in [4.69, 9.17) is 0 Å². The summed E-state index contributed by atoms with van der Waals surface area (Å²) < 4.78 is 133. The van der Waals surface area contributed by atoms with Crippen LogP contribution >= 0.6 is 11.3 Å². The van der Waals surface area contributed by atoms with Crippen LogP contribution in [0.15, 0.2) is 315 Å². The Balaban J connectivity index is 0.000000188. The summed E-state index contributed by atoms with van der Waals surface area (Å²) in [6, 6.07) is 87.1. The number of sulfone groups is 5. The molecule has 0 fully saturated rings. The molecule has 12 aromatic rings. The molecule has 0 spiro atoms. The van der Waals surface area contributed by atoms with Crippen LogP contribution in [0.25, 0.3) is 54.9 Å². The Morgan fingerprint density at radius 3 is 1.03 bits per heavy atom. The first-order chi connectivity index (χ1) is 52.5. The van der Waals surface area contributed by atoms with Gasteiger partial charge in [-0.1, -0.05) is 227 Å². The first-order valence-corrected chi connectivity index (χ1v) is 45.3. The lowest BCUT2D eigenvalue weighted by Crippen LogP contribution is -2.28. The molecule has 0 aliphatic carbocycles. The highest BCUT2D eigenvalue weighted by Crippen LogP contribution is 2.36. The van der Waals surface area contributed by atoms with Gasteiger partial charge in [-0.3, -0.25) is 0 Å². The highest BCUT2D eigenvalue weighted by atomic mass is 32.2. The molecule has 19 heteroatoms. The minimum atomic E-state index is -3.36. The van der Waals surface area contributed by atoms with E-state index >= 15 is 0 Å². The van der Waals surface area contributed by atoms with Crippen molar-refractivity contribution >= 4 is 60.5 Å². The number of aryl methyl sites for hydroxylation is 1. The minimum Gasteiger partial charge on any atom is -0.238 e. The topological polar surface area (TPSA) is 196 Å². The molecule has 0 atom stereocenters. The van der Waals surface area contributed by atoms with E-state index in [2.05, 4.69) is 61.1 Å². The standard InChI is InChI=1S/C16H17FO2S.C16H20N2.3C16H18O2S.C14H16O2S2/c1-16(2,3)20(18,19)15-10-6-13(7-11-15)12-4-8-14(17)9-5-12;1-12-17-14(10-13-8-6-5-7-9-13)11-15(18-12)16(2,3)4;1-16(2,3)19(17,18)15-12-8-7-11-14(15)13-9-5-4-6-10-13;1-16(2,3)19(17,18)15-11-7-10-14(12-15)13-8-5-4-6-9-13;1-16(2,3)19(17,18)15-11-9-14(10-12-15)13-7-5-4-6-8-13;1-14(2,3)18(15,16)12-8-6-11(7-9-12)13-5-4-10-17-13/h4-11H,1-3H3;5-9,11H,10H2,1-4H3;3*4-12H,1-3H3;4-10H,1-3H3. The predicted octanol–water partition coefficient (Wildman–Crippen LogP) is 23.5. The average molecular weight is 1640 g/mol. The van der Waals surface area contributed by atoms with Crippen LogP contribution in [0, 0.1) is 12.7 Å². The minimum absolute atomic E-state index is 0.0686. The van der Waals surface area contributed by atoms with Crippen molar-refractivity contribution in [1.82, 2.24) is 9.97 Å². The number of hydrogen-bond donors (Lipinski definition) is 0. The van der Waals surface area contributed by atoms with Crippen LogP contribution in [0.2, 0.25) is 0 Å². The number of benzene rings is 10. The summed E-state index contributed by atoms with van der Waals surface area (Å²) in [4.78, 5) is 12.0. The van der Waals surface area contributed by atoms with E-state index in [1.807, 2.05) is 164 Å². The maximum atomic E-state index is 12.9. The van der Waals surface area contributed by atoms with Gasteiger partial charge >= 0.3 is 0 Å². The Labute approximate surface area is 677 Å². The molecule has 2 aromatic heterocycles. The fraction of sp³-hybridized carbons (Fsp3) is 0.277. The van der Waals surface area contributed by atoms with Gasteiger partial charge in [0, 0.05) is 33.7 Å². The normalized spacial score (nSPS) is 12.3. The van der Waals surface area contributed by atoms with Gasteiger partial charge in [-0.05, 0) is 245 Å². The van der Waals surface area contributed by atoms with E-state index in [1.54, 1.807) is 206 Å². The molecule has 0 aliphatic rings. The van der Waals surface area contributed by atoms with Crippen molar-refractivity contribution < 1.29 is 46.5 Å². The van der Waals surface area contributed by atoms with Gasteiger partial charge in [-0.25, -0.2) is 56.4 Å². The zero-order valence-electron chi connectivity index (χ0n) is 68.2. The molecule has 2 heterocycles. The van der Waals surface area contributed by atoms with Gasteiger partial charge in [-0.15, -0.1) is 11.3 Å². The maximum absolute atomic E-state index is 12.9. The summed E-state index contributed by atoms with van der Waals surface area (Å²) >= 11 is 1.65. The van der Waals surface area contributed by atoms with E-state index in [9.17, 15) is 46.5 Å². The molecule has 0 unspecified atom stereocenters. The summed E-state index contributed by atoms with van der Waals surface area (Å²) in [5.41, 5.74) is 12.1. The van der Waals surface area contributed by atoms with Crippen molar-refractivity contribution in [1.29, 1.82) is 0 Å². The fourth-order valence-electron chi connectivity index (χ4n) is 10.9.